The molecule has 2 atom stereocenters. The van der Waals surface area contributed by atoms with Crippen LogP contribution in [0.25, 0.3) is 0 Å². The van der Waals surface area contributed by atoms with Gasteiger partial charge >= 0.3 is 18.0 Å². The van der Waals surface area contributed by atoms with Crippen LogP contribution in [0.2, 0.25) is 0 Å². The predicted octanol–water partition coefficient (Wildman–Crippen LogP) is -0.844. The van der Waals surface area contributed by atoms with E-state index in [4.69, 9.17) is 15.3 Å². The van der Waals surface area contributed by atoms with Crippen LogP contribution in [0.3, 0.4) is 0 Å². The summed E-state index contributed by atoms with van der Waals surface area (Å²) in [6, 6.07) is -3.05. The number of thioether (sulfide) groups is 1. The van der Waals surface area contributed by atoms with Crippen LogP contribution in [0.15, 0.2) is 0 Å². The average molecular weight is 456 g/mol. The van der Waals surface area contributed by atoms with Gasteiger partial charge in [0.2, 0.25) is 11.8 Å². The zero-order valence-electron chi connectivity index (χ0n) is 20.7. The molecule has 0 aliphatic rings. The molecule has 13 heteroatoms. The molecule has 3 amide bonds. The van der Waals surface area contributed by atoms with Gasteiger partial charge in [-0.25, -0.2) is 9.59 Å². The minimum Gasteiger partial charge on any atom is -0.480 e. The van der Waals surface area contributed by atoms with E-state index in [1.54, 1.807) is 20.8 Å². The lowest BCUT2D eigenvalue weighted by Crippen LogP contribution is -2.50. The number of amides is 3. The van der Waals surface area contributed by atoms with E-state index in [-0.39, 0.29) is 11.8 Å². The Morgan fingerprint density at radius 3 is 2.23 bits per heavy atom. The van der Waals surface area contributed by atoms with Gasteiger partial charge in [0.15, 0.2) is 0 Å². The minimum absolute atomic E-state index is 0.159. The van der Waals surface area contributed by atoms with Gasteiger partial charge in [-0.3, -0.25) is 14.4 Å². The maximum atomic E-state index is 12.3. The summed E-state index contributed by atoms with van der Waals surface area (Å²) in [5.41, 5.74) is -3.78. The number of carboxylic acids is 2. The van der Waals surface area contributed by atoms with Crippen molar-refractivity contribution in [2.45, 2.75) is 51.3 Å². The molecule has 0 bridgehead atoms. The first kappa shape index (κ1) is 20.7. The molecular formula is C17H29N3O9S. The molecule has 0 aromatic rings. The van der Waals surface area contributed by atoms with Crippen LogP contribution in [0.1, 0.15) is 39.1 Å². The van der Waals surface area contributed by atoms with Gasteiger partial charge in [0.25, 0.3) is 0 Å². The molecule has 12 nitrogen and oxygen atoms in total. The molecule has 0 rings (SSSR count). The summed E-state index contributed by atoms with van der Waals surface area (Å²) in [5.74, 6) is -5.36. The van der Waals surface area contributed by atoms with E-state index < -0.39 is 84.9 Å². The molecule has 0 heterocycles. The molecule has 0 fully saturated rings. The second-order valence-corrected chi connectivity index (χ2v) is 7.66. The molecule has 0 saturated heterocycles. The molecule has 0 saturated carbocycles. The van der Waals surface area contributed by atoms with E-state index in [0.29, 0.717) is 0 Å². The molecule has 6 N–H and O–H groups in total. The summed E-state index contributed by atoms with van der Waals surface area (Å²) in [4.78, 5) is 58.3. The lowest BCUT2D eigenvalue weighted by Gasteiger charge is -2.22. The summed E-state index contributed by atoms with van der Waals surface area (Å²) in [6.45, 7) is 0.590. The number of aliphatic hydroxyl groups is 1. The van der Waals surface area contributed by atoms with Crippen LogP contribution < -0.4 is 16.0 Å². The molecule has 0 aliphatic heterocycles. The number of nitrogens with one attached hydrogen (secondary N) is 3. The Morgan fingerprint density at radius 1 is 1.10 bits per heavy atom. The highest BCUT2D eigenvalue weighted by Crippen LogP contribution is 2.08. The van der Waals surface area contributed by atoms with E-state index in [1.807, 2.05) is 5.32 Å². The van der Waals surface area contributed by atoms with E-state index in [0.717, 1.165) is 0 Å². The zero-order valence-corrected chi connectivity index (χ0v) is 17.5. The minimum atomic E-state index is -3.29. The number of hydrogen-bond acceptors (Lipinski definition) is 8. The fourth-order valence-electron chi connectivity index (χ4n) is 1.88. The summed E-state index contributed by atoms with van der Waals surface area (Å²) >= 11 is 0.159. The Kier molecular flexibility index (Phi) is 9.42. The monoisotopic (exact) mass is 455 g/mol. The standard InChI is InChI=1S/C17H29N3O9S/c1-17(2,3)29-16(28)20-10(15(26)27)4-5-12(22)19-11(9-30-7-6-21)14(25)18-8-13(23)24/h10-11,21H,4-9H2,1-3H3,(H,18,25)(H,19,22)(H,20,28)(H,23,24)(H,26,27)/t10-,11-/m0/s1/i6D2,7D2. The number of alkyl carbamates (subject to hydrolysis) is 1. The topological polar surface area (TPSA) is 191 Å². The molecule has 0 radical (unpaired) electrons. The fraction of sp³-hybridized carbons (Fsp3) is 0.706. The van der Waals surface area contributed by atoms with E-state index in [1.165, 1.54) is 0 Å². The molecule has 0 aromatic carbocycles. The number of aliphatic carboxylic acids is 2. The quantitative estimate of drug-likeness (QED) is 0.204. The summed E-state index contributed by atoms with van der Waals surface area (Å²) in [7, 11) is 0. The summed E-state index contributed by atoms with van der Waals surface area (Å²) in [5, 5.41) is 33.4. The third kappa shape index (κ3) is 13.6. The Morgan fingerprint density at radius 2 is 1.73 bits per heavy atom. The van der Waals surface area contributed by atoms with Crippen LogP contribution in [-0.4, -0.2) is 87.4 Å². The molecule has 0 spiro atoms. The summed E-state index contributed by atoms with van der Waals surface area (Å²) in [6.07, 6.45) is -1.94. The van der Waals surface area contributed by atoms with Crippen molar-refractivity contribution in [3.8, 4) is 0 Å². The average Bonchev–Trinajstić information content (AvgIpc) is 2.63. The number of carbonyl (C=O) groups excluding carboxylic acids is 3. The zero-order chi connectivity index (χ0) is 26.9. The Hall–Kier alpha value is -2.54. The van der Waals surface area contributed by atoms with E-state index >= 15 is 0 Å². The molecular weight excluding hydrogens is 422 g/mol. The largest absolute Gasteiger partial charge is 0.480 e. The maximum Gasteiger partial charge on any atom is 0.408 e. The highest BCUT2D eigenvalue weighted by Gasteiger charge is 2.26. The third-order valence-corrected chi connectivity index (χ3v) is 3.82. The lowest BCUT2D eigenvalue weighted by atomic mass is 10.1. The van der Waals surface area contributed by atoms with Crippen LogP contribution in [0.4, 0.5) is 4.79 Å². The van der Waals surface area contributed by atoms with E-state index in [9.17, 15) is 34.2 Å². The third-order valence-electron chi connectivity index (χ3n) is 3.08. The van der Waals surface area contributed by atoms with Gasteiger partial charge in [-0.1, -0.05) is 0 Å². The first-order valence-corrected chi connectivity index (χ1v) is 9.61. The van der Waals surface area contributed by atoms with Gasteiger partial charge in [0.05, 0.1) is 9.30 Å². The molecule has 0 aliphatic carbocycles. The fourth-order valence-corrected chi connectivity index (χ4v) is 2.42. The summed E-state index contributed by atoms with van der Waals surface area (Å²) < 4.78 is 34.2. The van der Waals surface area contributed by atoms with Crippen molar-refractivity contribution in [1.29, 1.82) is 0 Å². The van der Waals surface area contributed by atoms with Crippen LogP contribution in [-0.2, 0) is 23.9 Å². The molecule has 30 heavy (non-hydrogen) atoms. The molecule has 172 valence electrons. The molecule has 0 unspecified atom stereocenters. The number of ether oxygens (including phenoxy) is 1. The molecule has 0 aromatic heterocycles. The number of rotatable bonds is 13. The first-order chi connectivity index (χ1) is 15.2. The van der Waals surface area contributed by atoms with Crippen molar-refractivity contribution >= 4 is 41.6 Å². The number of carboxylic acid groups (broad SMARTS) is 2. The van der Waals surface area contributed by atoms with Crippen molar-refractivity contribution in [3.05, 3.63) is 0 Å². The van der Waals surface area contributed by atoms with E-state index in [2.05, 4.69) is 10.6 Å². The predicted molar refractivity (Wildman–Crippen MR) is 107 cm³/mol. The van der Waals surface area contributed by atoms with Crippen LogP contribution in [0.5, 0.6) is 0 Å². The van der Waals surface area contributed by atoms with Crippen molar-refractivity contribution in [3.63, 3.8) is 0 Å². The van der Waals surface area contributed by atoms with Gasteiger partial charge in [-0.2, -0.15) is 11.8 Å². The second-order valence-electron chi connectivity index (χ2n) is 6.83. The van der Waals surface area contributed by atoms with Gasteiger partial charge in [-0.05, 0) is 27.2 Å². The Balaban J connectivity index is 5.18. The normalized spacial score (nSPS) is 15.9. The van der Waals surface area contributed by atoms with Gasteiger partial charge in [-0.15, -0.1) is 0 Å². The van der Waals surface area contributed by atoms with Gasteiger partial charge < -0.3 is 36.0 Å². The van der Waals surface area contributed by atoms with Crippen LogP contribution >= 0.6 is 11.8 Å². The van der Waals surface area contributed by atoms with Crippen molar-refractivity contribution in [1.82, 2.24) is 16.0 Å². The smallest absolute Gasteiger partial charge is 0.408 e. The first-order valence-electron chi connectivity index (χ1n) is 10.6. The SMILES string of the molecule is [2H]C([2H])(O)C([2H])([2H])SC[C@H](NC(=O)CC[C@H](NC(=O)OC(C)(C)C)C(=O)O)C(=O)NCC(=O)O. The second kappa shape index (κ2) is 13.6. The van der Waals surface area contributed by atoms with Crippen molar-refractivity contribution < 1.29 is 49.5 Å². The lowest BCUT2D eigenvalue weighted by molar-refractivity contribution is -0.140. The van der Waals surface area contributed by atoms with Crippen molar-refractivity contribution in [2.75, 3.05) is 24.6 Å². The van der Waals surface area contributed by atoms with Crippen LogP contribution in [0, 0.1) is 0 Å². The Labute approximate surface area is 183 Å². The van der Waals surface area contributed by atoms with Crippen molar-refractivity contribution in [2.24, 2.45) is 0 Å². The van der Waals surface area contributed by atoms with Gasteiger partial charge in [0, 0.05) is 20.6 Å². The maximum absolute atomic E-state index is 12.3. The number of carbonyl (C=O) groups is 5. The Bertz CT molecular complexity index is 772. The highest BCUT2D eigenvalue weighted by atomic mass is 32.2. The number of hydrogen-bond donors (Lipinski definition) is 6. The highest BCUT2D eigenvalue weighted by molar-refractivity contribution is 7.99. The van der Waals surface area contributed by atoms with Gasteiger partial charge in [0.1, 0.15) is 24.2 Å².